The predicted octanol–water partition coefficient (Wildman–Crippen LogP) is -0.178. The number of unbranched alkanes of at least 4 members (excludes halogenated alkanes) is 1. The molecule has 8 atom stereocenters. The highest BCUT2D eigenvalue weighted by Gasteiger charge is 2.35. The molecule has 0 spiro atoms. The van der Waals surface area contributed by atoms with Crippen LogP contribution >= 0.6 is 21.6 Å². The third kappa shape index (κ3) is 15.1. The number of carbonyl (C=O) groups is 7. The summed E-state index contributed by atoms with van der Waals surface area (Å²) in [6.45, 7) is 1.57. The van der Waals surface area contributed by atoms with E-state index < -0.39 is 89.7 Å². The Morgan fingerprint density at radius 3 is 1.97 bits per heavy atom. The molecule has 0 radical (unpaired) electrons. The van der Waals surface area contributed by atoms with Gasteiger partial charge in [0.15, 0.2) is 0 Å². The SMILES string of the molecule is CC(O)C1NC(=O)C(CCCCN)NC(=O)C(Cc2c[nH]c3ccccc23)NC(=O)C(Cc2ccccc2)NC(=O)C(NC(=O)C(N)Cc2ccccc2)CSSCC(C(N)=O)NC1=O. The number of hydrogen-bond donors (Lipinski definition) is 11. The molecular formula is C45H58N10O8S2. The minimum atomic E-state index is -1.58. The van der Waals surface area contributed by atoms with E-state index in [9.17, 15) is 38.7 Å². The van der Waals surface area contributed by atoms with E-state index in [2.05, 4.69) is 36.9 Å². The normalized spacial score (nSPS) is 22.9. The molecule has 14 N–H and O–H groups in total. The highest BCUT2D eigenvalue weighted by molar-refractivity contribution is 8.76. The van der Waals surface area contributed by atoms with E-state index in [-0.39, 0.29) is 37.2 Å². The smallest absolute Gasteiger partial charge is 0.245 e. The van der Waals surface area contributed by atoms with Gasteiger partial charge in [0, 0.05) is 41.4 Å². The molecule has 1 aliphatic rings. The first-order valence-electron chi connectivity index (χ1n) is 21.4. The van der Waals surface area contributed by atoms with Crippen molar-refractivity contribution in [3.05, 3.63) is 108 Å². The molecule has 8 unspecified atom stereocenters. The number of H-pyrrole nitrogens is 1. The Morgan fingerprint density at radius 2 is 1.31 bits per heavy atom. The number of nitrogens with one attached hydrogen (secondary N) is 7. The fourth-order valence-corrected chi connectivity index (χ4v) is 9.48. The summed E-state index contributed by atoms with van der Waals surface area (Å²) in [4.78, 5) is 100. The van der Waals surface area contributed by atoms with Crippen LogP contribution < -0.4 is 49.1 Å². The van der Waals surface area contributed by atoms with Crippen LogP contribution in [0, 0.1) is 0 Å². The highest BCUT2D eigenvalue weighted by atomic mass is 33.1. The number of aromatic amines is 1. The van der Waals surface area contributed by atoms with Crippen LogP contribution in [0.1, 0.15) is 42.9 Å². The zero-order valence-electron chi connectivity index (χ0n) is 36.0. The first kappa shape index (κ1) is 50.1. The molecule has 1 aliphatic heterocycles. The molecule has 0 saturated carbocycles. The summed E-state index contributed by atoms with van der Waals surface area (Å²) < 4.78 is 0. The Balaban J connectivity index is 1.53. The Hall–Kier alpha value is -5.93. The van der Waals surface area contributed by atoms with Gasteiger partial charge in [-0.3, -0.25) is 33.6 Å². The van der Waals surface area contributed by atoms with Gasteiger partial charge in [0.1, 0.15) is 36.3 Å². The van der Waals surface area contributed by atoms with Crippen molar-refractivity contribution in [3.8, 4) is 0 Å². The van der Waals surface area contributed by atoms with Gasteiger partial charge in [-0.1, -0.05) is 100 Å². The number of aliphatic hydroxyl groups excluding tert-OH is 1. The summed E-state index contributed by atoms with van der Waals surface area (Å²) in [7, 11) is 2.14. The fourth-order valence-electron chi connectivity index (χ4n) is 7.14. The number of aromatic nitrogens is 1. The molecule has 65 heavy (non-hydrogen) atoms. The number of nitrogens with two attached hydrogens (primary N) is 3. The van der Waals surface area contributed by atoms with Gasteiger partial charge < -0.3 is 59.2 Å². The summed E-state index contributed by atoms with van der Waals surface area (Å²) >= 11 is 0. The quantitative estimate of drug-likeness (QED) is 0.0580. The molecule has 4 aromatic rings. The molecule has 0 aliphatic carbocycles. The number of carbonyl (C=O) groups excluding carboxylic acids is 7. The Morgan fingerprint density at radius 1 is 0.723 bits per heavy atom. The van der Waals surface area contributed by atoms with E-state index in [0.29, 0.717) is 30.5 Å². The van der Waals surface area contributed by atoms with Crippen LogP contribution in [-0.2, 0) is 52.8 Å². The highest BCUT2D eigenvalue weighted by Crippen LogP contribution is 2.24. The van der Waals surface area contributed by atoms with E-state index in [1.165, 1.54) is 6.92 Å². The average molecular weight is 931 g/mol. The standard InChI is InChI=1S/C45H58N10O8S2/c1-26(56)38-45(63)53-36(39(48)57)24-64-65-25-37(54-40(58)31(47)20-27-12-4-2-5-13-27)44(62)51-34(21-28-14-6-3-7-15-28)42(60)52-35(22-29-23-49-32-17-9-8-16-30(29)32)43(61)50-33(41(59)55-38)18-10-11-19-46/h2-9,12-17,23,26,31,33-38,49,56H,10-11,18-22,24-25,46-47H2,1H3,(H2,48,57)(H,50,61)(H,51,62)(H,52,60)(H,53,63)(H,54,58)(H,55,59). The maximum Gasteiger partial charge on any atom is 0.245 e. The van der Waals surface area contributed by atoms with E-state index in [0.717, 1.165) is 38.1 Å². The summed E-state index contributed by atoms with van der Waals surface area (Å²) in [5.41, 5.74) is 20.7. The van der Waals surface area contributed by atoms with Crippen LogP contribution in [0.4, 0.5) is 0 Å². The van der Waals surface area contributed by atoms with Gasteiger partial charge in [-0.2, -0.15) is 0 Å². The second kappa shape index (κ2) is 24.9. The molecule has 3 aromatic carbocycles. The molecule has 18 nitrogen and oxygen atoms in total. The number of rotatable bonds is 14. The number of aliphatic hydroxyl groups is 1. The monoisotopic (exact) mass is 930 g/mol. The zero-order valence-corrected chi connectivity index (χ0v) is 37.6. The maximum absolute atomic E-state index is 14.6. The van der Waals surface area contributed by atoms with Crippen molar-refractivity contribution < 1.29 is 38.7 Å². The lowest BCUT2D eigenvalue weighted by atomic mass is 10.0. The minimum Gasteiger partial charge on any atom is -0.391 e. The number of hydrogen-bond acceptors (Lipinski definition) is 12. The van der Waals surface area contributed by atoms with Crippen LogP contribution in [0.2, 0.25) is 0 Å². The second-order valence-corrected chi connectivity index (χ2v) is 18.4. The number of para-hydroxylation sites is 1. The fraction of sp³-hybridized carbons (Fsp3) is 0.400. The van der Waals surface area contributed by atoms with E-state index >= 15 is 0 Å². The molecule has 1 saturated heterocycles. The number of fused-ring (bicyclic) bond motifs is 1. The molecule has 20 heteroatoms. The van der Waals surface area contributed by atoms with Gasteiger partial charge in [0.05, 0.1) is 12.1 Å². The summed E-state index contributed by atoms with van der Waals surface area (Å²) in [5, 5.41) is 27.6. The van der Waals surface area contributed by atoms with Gasteiger partial charge in [0.25, 0.3) is 0 Å². The Labute approximate surface area is 384 Å². The van der Waals surface area contributed by atoms with Crippen molar-refractivity contribution in [1.82, 2.24) is 36.9 Å². The van der Waals surface area contributed by atoms with Crippen molar-refractivity contribution in [3.63, 3.8) is 0 Å². The van der Waals surface area contributed by atoms with Gasteiger partial charge in [0.2, 0.25) is 41.4 Å². The van der Waals surface area contributed by atoms with Crippen molar-refractivity contribution >= 4 is 73.8 Å². The summed E-state index contributed by atoms with van der Waals surface area (Å²) in [6, 6.07) is 16.3. The Bertz CT molecular complexity index is 2250. The van der Waals surface area contributed by atoms with Crippen LogP contribution in [-0.4, -0.2) is 118 Å². The summed E-state index contributed by atoms with van der Waals surface area (Å²) in [5.74, 6) is -5.72. The molecule has 2 heterocycles. The number of primary amides is 1. The second-order valence-electron chi connectivity index (χ2n) is 15.8. The van der Waals surface area contributed by atoms with Crippen LogP contribution in [0.3, 0.4) is 0 Å². The molecule has 5 rings (SSSR count). The molecule has 7 amide bonds. The van der Waals surface area contributed by atoms with Crippen molar-refractivity contribution in [2.24, 2.45) is 17.2 Å². The topological polar surface area (TPSA) is 306 Å². The molecule has 348 valence electrons. The van der Waals surface area contributed by atoms with Crippen molar-refractivity contribution in [1.29, 1.82) is 0 Å². The van der Waals surface area contributed by atoms with Gasteiger partial charge in [-0.25, -0.2) is 0 Å². The number of amides is 7. The lowest BCUT2D eigenvalue weighted by Gasteiger charge is -2.29. The van der Waals surface area contributed by atoms with E-state index in [1.807, 2.05) is 54.6 Å². The van der Waals surface area contributed by atoms with Crippen LogP contribution in [0.15, 0.2) is 91.1 Å². The average Bonchev–Trinajstić information content (AvgIpc) is 3.70. The predicted molar refractivity (Wildman–Crippen MR) is 251 cm³/mol. The molecule has 1 fully saturated rings. The van der Waals surface area contributed by atoms with Crippen molar-refractivity contribution in [2.75, 3.05) is 18.1 Å². The van der Waals surface area contributed by atoms with E-state index in [1.54, 1.807) is 36.5 Å². The van der Waals surface area contributed by atoms with E-state index in [4.69, 9.17) is 17.2 Å². The van der Waals surface area contributed by atoms with Crippen molar-refractivity contribution in [2.45, 2.75) is 93.8 Å². The number of benzene rings is 3. The summed E-state index contributed by atoms with van der Waals surface area (Å²) in [6.07, 6.45) is 1.31. The van der Waals surface area contributed by atoms with Gasteiger partial charge in [-0.15, -0.1) is 0 Å². The maximum atomic E-state index is 14.6. The zero-order chi connectivity index (χ0) is 46.9. The molecule has 0 bridgehead atoms. The van der Waals surface area contributed by atoms with Gasteiger partial charge in [-0.05, 0) is 61.9 Å². The first-order valence-corrected chi connectivity index (χ1v) is 23.8. The lowest BCUT2D eigenvalue weighted by Crippen LogP contribution is -2.62. The lowest BCUT2D eigenvalue weighted by molar-refractivity contribution is -0.136. The molecular weight excluding hydrogens is 873 g/mol. The largest absolute Gasteiger partial charge is 0.391 e. The van der Waals surface area contributed by atoms with Crippen LogP contribution in [0.25, 0.3) is 10.9 Å². The third-order valence-electron chi connectivity index (χ3n) is 10.8. The van der Waals surface area contributed by atoms with Gasteiger partial charge >= 0.3 is 0 Å². The first-order chi connectivity index (χ1) is 31.2. The third-order valence-corrected chi connectivity index (χ3v) is 13.2. The van der Waals surface area contributed by atoms with Crippen LogP contribution in [0.5, 0.6) is 0 Å². The minimum absolute atomic E-state index is 0.0131. The Kier molecular flexibility index (Phi) is 19.2. The molecule has 1 aromatic heterocycles.